The summed E-state index contributed by atoms with van der Waals surface area (Å²) in [4.78, 5) is 23.8. The lowest BCUT2D eigenvalue weighted by molar-refractivity contribution is -0.385. The monoisotopic (exact) mass is 477 g/mol. The number of fused-ring (bicyclic) bond motifs is 1. The van der Waals surface area contributed by atoms with Crippen LogP contribution in [-0.2, 0) is 6.54 Å². The molecule has 0 bridgehead atoms. The minimum atomic E-state index is -0.667. The van der Waals surface area contributed by atoms with Gasteiger partial charge in [-0.25, -0.2) is 0 Å². The minimum Gasteiger partial charge on any atom is -0.412 e. The van der Waals surface area contributed by atoms with Crippen molar-refractivity contribution in [1.29, 1.82) is 5.26 Å². The molecule has 0 saturated carbocycles. The zero-order valence-corrected chi connectivity index (χ0v) is 17.1. The van der Waals surface area contributed by atoms with Crippen molar-refractivity contribution in [3.8, 4) is 6.07 Å². The molecule has 1 aliphatic heterocycles. The first-order chi connectivity index (χ1) is 13.7. The number of nitrogens with two attached hydrogens (primary N) is 3. The predicted octanol–water partition coefficient (Wildman–Crippen LogP) is 2.23. The summed E-state index contributed by atoms with van der Waals surface area (Å²) in [5.41, 5.74) is 6.19. The first-order valence-corrected chi connectivity index (χ1v) is 8.44. The van der Waals surface area contributed by atoms with Crippen molar-refractivity contribution in [2.24, 2.45) is 22.4 Å². The van der Waals surface area contributed by atoms with Crippen LogP contribution in [0, 0.1) is 31.6 Å². The number of benzene rings is 2. The molecule has 160 valence electrons. The molecule has 2 aromatic carbocycles. The van der Waals surface area contributed by atoms with Gasteiger partial charge >= 0.3 is 0 Å². The molecule has 0 radical (unpaired) electrons. The molecule has 3 rings (SSSR count). The maximum absolute atomic E-state index is 10.6. The zero-order chi connectivity index (χ0) is 22.3. The second kappa shape index (κ2) is 11.8. The lowest BCUT2D eigenvalue weighted by Gasteiger charge is -2.02. The molecule has 0 aromatic heterocycles. The fourth-order valence-electron chi connectivity index (χ4n) is 2.24. The number of aliphatic imine (C=N–C) groups is 1. The highest BCUT2D eigenvalue weighted by atomic mass is 35.5. The Balaban J connectivity index is 0.000000504. The van der Waals surface area contributed by atoms with Gasteiger partial charge in [0, 0.05) is 17.7 Å². The Morgan fingerprint density at radius 3 is 2.00 bits per heavy atom. The average Bonchev–Trinajstić information content (AvgIpc) is 3.06. The Bertz CT molecular complexity index is 1040. The van der Waals surface area contributed by atoms with Gasteiger partial charge in [0.25, 0.3) is 11.4 Å². The van der Waals surface area contributed by atoms with Crippen molar-refractivity contribution in [3.05, 3.63) is 76.3 Å². The van der Waals surface area contributed by atoms with E-state index >= 15 is 0 Å². The van der Waals surface area contributed by atoms with Gasteiger partial charge in [0.2, 0.25) is 0 Å². The van der Waals surface area contributed by atoms with Gasteiger partial charge < -0.3 is 11.2 Å². The lowest BCUT2D eigenvalue weighted by atomic mass is 10.1. The molecule has 12 nitrogen and oxygen atoms in total. The Hall–Kier alpha value is -3.05. The van der Waals surface area contributed by atoms with Gasteiger partial charge in [-0.3, -0.25) is 36.9 Å². The van der Waals surface area contributed by atoms with E-state index in [1.54, 1.807) is 6.07 Å². The van der Waals surface area contributed by atoms with Crippen LogP contribution >= 0.6 is 34.8 Å². The summed E-state index contributed by atoms with van der Waals surface area (Å²) < 4.78 is 0. The maximum Gasteiger partial charge on any atom is 0.289 e. The molecule has 2 aromatic rings. The number of hydrazine groups is 1. The zero-order valence-electron chi connectivity index (χ0n) is 14.8. The molecule has 0 spiro atoms. The molecule has 30 heavy (non-hydrogen) atoms. The Morgan fingerprint density at radius 1 is 1.00 bits per heavy atom. The van der Waals surface area contributed by atoms with Crippen molar-refractivity contribution in [2.45, 2.75) is 6.54 Å². The van der Waals surface area contributed by atoms with Crippen molar-refractivity contribution in [2.75, 3.05) is 0 Å². The van der Waals surface area contributed by atoms with Gasteiger partial charge in [0.15, 0.2) is 0 Å². The molecular formula is C15H14Cl3N7O5. The van der Waals surface area contributed by atoms with Crippen molar-refractivity contribution in [1.82, 2.24) is 0 Å². The standard InChI is InChI=1S/C8H6ClN3O2.C7H2Cl2N2O2.H4N2.H2O/c9-5-1-2-6(12(13)14)4-3-11-8(10)7(4)5;8-5-1-2-6(11(12)13)7(9)4(5)3-10;1-2;/h1-2H,3H2,(H2,10,11);1-2H;1-2H2;1H2. The number of nitro benzene ring substituents is 2. The number of halogens is 3. The average molecular weight is 479 g/mol. The SMILES string of the molecule is N#Cc1c(Cl)ccc([N+](=O)[O-])c1Cl.NC1=NCc2c([N+](=O)[O-])ccc(Cl)c21.NN.O. The largest absolute Gasteiger partial charge is 0.412 e. The second-order valence-electron chi connectivity index (χ2n) is 5.00. The van der Waals surface area contributed by atoms with Crippen LogP contribution in [0.25, 0.3) is 0 Å². The summed E-state index contributed by atoms with van der Waals surface area (Å²) >= 11 is 17.0. The molecule has 0 aliphatic carbocycles. The highest BCUT2D eigenvalue weighted by Crippen LogP contribution is 2.33. The summed E-state index contributed by atoms with van der Waals surface area (Å²) in [5.74, 6) is 8.27. The predicted molar refractivity (Wildman–Crippen MR) is 112 cm³/mol. The van der Waals surface area contributed by atoms with Gasteiger partial charge in [0.1, 0.15) is 16.9 Å². The number of rotatable bonds is 2. The third-order valence-corrected chi connectivity index (χ3v) is 4.49. The number of hydrogen-bond donors (Lipinski definition) is 3. The van der Waals surface area contributed by atoms with E-state index in [0.717, 1.165) is 6.07 Å². The van der Waals surface area contributed by atoms with E-state index in [-0.39, 0.29) is 44.8 Å². The Morgan fingerprint density at radius 2 is 1.50 bits per heavy atom. The summed E-state index contributed by atoms with van der Waals surface area (Å²) in [7, 11) is 0. The van der Waals surface area contributed by atoms with E-state index in [4.69, 9.17) is 45.8 Å². The van der Waals surface area contributed by atoms with E-state index in [0.29, 0.717) is 16.1 Å². The van der Waals surface area contributed by atoms with Crippen LogP contribution < -0.4 is 17.4 Å². The van der Waals surface area contributed by atoms with E-state index in [2.05, 4.69) is 16.7 Å². The van der Waals surface area contributed by atoms with E-state index in [9.17, 15) is 20.2 Å². The number of nitro groups is 2. The van der Waals surface area contributed by atoms with Crippen LogP contribution in [0.2, 0.25) is 15.1 Å². The van der Waals surface area contributed by atoms with Gasteiger partial charge in [-0.15, -0.1) is 0 Å². The van der Waals surface area contributed by atoms with Gasteiger partial charge in [-0.2, -0.15) is 5.26 Å². The van der Waals surface area contributed by atoms with Crippen LogP contribution in [0.1, 0.15) is 16.7 Å². The van der Waals surface area contributed by atoms with Crippen LogP contribution in [-0.4, -0.2) is 21.2 Å². The molecule has 15 heteroatoms. The van der Waals surface area contributed by atoms with Gasteiger partial charge in [0.05, 0.1) is 37.6 Å². The number of nitriles is 1. The summed E-state index contributed by atoms with van der Waals surface area (Å²) in [6.45, 7) is 0.234. The third-order valence-electron chi connectivity index (χ3n) is 3.48. The van der Waals surface area contributed by atoms with Gasteiger partial charge in [-0.1, -0.05) is 34.8 Å². The van der Waals surface area contributed by atoms with Crippen LogP contribution in [0.3, 0.4) is 0 Å². The molecular weight excluding hydrogens is 465 g/mol. The number of hydrogen-bond acceptors (Lipinski definition) is 9. The van der Waals surface area contributed by atoms with Crippen LogP contribution in [0.4, 0.5) is 11.4 Å². The Kier molecular flexibility index (Phi) is 10.6. The molecule has 1 heterocycles. The highest BCUT2D eigenvalue weighted by molar-refractivity contribution is 6.38. The van der Waals surface area contributed by atoms with E-state index in [1.807, 2.05) is 0 Å². The lowest BCUT2D eigenvalue weighted by Crippen LogP contribution is -2.11. The van der Waals surface area contributed by atoms with Gasteiger partial charge in [-0.05, 0) is 12.1 Å². The normalized spacial score (nSPS) is 10.6. The quantitative estimate of drug-likeness (QED) is 0.328. The fraction of sp³-hybridized carbons (Fsp3) is 0.0667. The minimum absolute atomic E-state index is 0. The smallest absolute Gasteiger partial charge is 0.289 e. The molecule has 0 amide bonds. The molecule has 0 saturated heterocycles. The fourth-order valence-corrected chi connectivity index (χ4v) is 3.04. The first kappa shape index (κ1) is 27.0. The van der Waals surface area contributed by atoms with E-state index in [1.165, 1.54) is 18.2 Å². The molecule has 1 aliphatic rings. The van der Waals surface area contributed by atoms with Crippen LogP contribution in [0.5, 0.6) is 0 Å². The summed E-state index contributed by atoms with van der Waals surface area (Å²) in [6.07, 6.45) is 0. The molecule has 0 fully saturated rings. The summed E-state index contributed by atoms with van der Waals surface area (Å²) in [5, 5.41) is 29.9. The maximum atomic E-state index is 10.6. The third kappa shape index (κ3) is 5.74. The van der Waals surface area contributed by atoms with E-state index < -0.39 is 9.85 Å². The van der Waals surface area contributed by atoms with Crippen molar-refractivity contribution < 1.29 is 15.3 Å². The van der Waals surface area contributed by atoms with Crippen molar-refractivity contribution >= 4 is 52.0 Å². The number of nitrogens with zero attached hydrogens (tertiary/aromatic N) is 4. The molecule has 0 atom stereocenters. The molecule has 8 N–H and O–H groups in total. The topological polar surface area (TPSA) is 232 Å². The first-order valence-electron chi connectivity index (χ1n) is 7.30. The summed E-state index contributed by atoms with van der Waals surface area (Å²) in [6, 6.07) is 6.95. The number of amidine groups is 1. The second-order valence-corrected chi connectivity index (χ2v) is 6.20. The van der Waals surface area contributed by atoms with Crippen molar-refractivity contribution in [3.63, 3.8) is 0 Å². The van der Waals surface area contributed by atoms with Crippen LogP contribution in [0.15, 0.2) is 29.3 Å². The highest BCUT2D eigenvalue weighted by Gasteiger charge is 2.25. The molecule has 0 unspecified atom stereocenters. The Labute approximate surface area is 184 Å².